The van der Waals surface area contributed by atoms with Crippen LogP contribution in [0.4, 0.5) is 5.69 Å². The molecule has 0 unspecified atom stereocenters. The summed E-state index contributed by atoms with van der Waals surface area (Å²) in [5, 5.41) is 8.89. The zero-order chi connectivity index (χ0) is 15.3. The Bertz CT molecular complexity index is 624. The summed E-state index contributed by atoms with van der Waals surface area (Å²) >= 11 is 0. The van der Waals surface area contributed by atoms with Gasteiger partial charge in [-0.15, -0.1) is 0 Å². The fourth-order valence-corrected chi connectivity index (χ4v) is 2.35. The van der Waals surface area contributed by atoms with Crippen molar-refractivity contribution in [2.45, 2.75) is 0 Å². The molecular formula is C11H13NO7S. The van der Waals surface area contributed by atoms with Gasteiger partial charge in [-0.05, 0) is 12.1 Å². The van der Waals surface area contributed by atoms with Crippen LogP contribution in [0.3, 0.4) is 0 Å². The minimum absolute atomic E-state index is 0.00392. The van der Waals surface area contributed by atoms with Crippen molar-refractivity contribution in [3.63, 3.8) is 0 Å². The van der Waals surface area contributed by atoms with Crippen LogP contribution in [-0.2, 0) is 19.6 Å². The third-order valence-electron chi connectivity index (χ3n) is 2.24. The molecule has 2 N–H and O–H groups in total. The second-order valence-corrected chi connectivity index (χ2v) is 5.38. The zero-order valence-electron chi connectivity index (χ0n) is 10.7. The Morgan fingerprint density at radius 1 is 1.30 bits per heavy atom. The Morgan fingerprint density at radius 3 is 2.45 bits per heavy atom. The van der Waals surface area contributed by atoms with Gasteiger partial charge in [0.15, 0.2) is 5.75 Å². The van der Waals surface area contributed by atoms with Crippen LogP contribution in [-0.4, -0.2) is 45.4 Å². The molecule has 0 radical (unpaired) electrons. The molecule has 0 aliphatic rings. The summed E-state index contributed by atoms with van der Waals surface area (Å²) in [6, 6.07) is 3.65. The molecule has 0 aromatic heterocycles. The van der Waals surface area contributed by atoms with E-state index in [4.69, 9.17) is 9.84 Å². The number of benzene rings is 1. The summed E-state index contributed by atoms with van der Waals surface area (Å²) in [5.41, 5.74) is -0.0285. The number of nitrogens with one attached hydrogen (secondary N) is 1. The molecule has 0 saturated heterocycles. The summed E-state index contributed by atoms with van der Waals surface area (Å²) in [7, 11) is -1.60. The van der Waals surface area contributed by atoms with Crippen molar-refractivity contribution >= 4 is 27.6 Å². The number of carboxylic acid groups (broad SMARTS) is 1. The van der Waals surface area contributed by atoms with E-state index >= 15 is 0 Å². The first-order valence-electron chi connectivity index (χ1n) is 5.27. The Morgan fingerprint density at radius 2 is 1.95 bits per heavy atom. The van der Waals surface area contributed by atoms with Crippen molar-refractivity contribution in [3.05, 3.63) is 23.8 Å². The van der Waals surface area contributed by atoms with Crippen LogP contribution in [0.15, 0.2) is 18.2 Å². The summed E-state index contributed by atoms with van der Waals surface area (Å²) in [6.07, 6.45) is 0. The lowest BCUT2D eigenvalue weighted by Crippen LogP contribution is -2.23. The van der Waals surface area contributed by atoms with Crippen molar-refractivity contribution in [1.29, 1.82) is 0 Å². The van der Waals surface area contributed by atoms with E-state index in [9.17, 15) is 18.0 Å². The predicted molar refractivity (Wildman–Crippen MR) is 69.4 cm³/mol. The number of carboxylic acids is 1. The van der Waals surface area contributed by atoms with E-state index in [1.807, 2.05) is 0 Å². The molecule has 20 heavy (non-hydrogen) atoms. The Hall–Kier alpha value is -2.29. The van der Waals surface area contributed by atoms with Crippen molar-refractivity contribution in [1.82, 2.24) is 0 Å². The molecule has 0 bridgehead atoms. The van der Waals surface area contributed by atoms with Crippen LogP contribution in [0.5, 0.6) is 5.75 Å². The number of anilines is 1. The van der Waals surface area contributed by atoms with Crippen LogP contribution in [0.2, 0.25) is 0 Å². The van der Waals surface area contributed by atoms with Crippen molar-refractivity contribution < 1.29 is 32.6 Å². The van der Waals surface area contributed by atoms with E-state index in [2.05, 4.69) is 9.46 Å². The maximum Gasteiger partial charge on any atom is 0.339 e. The van der Waals surface area contributed by atoms with E-state index in [-0.39, 0.29) is 17.0 Å². The number of esters is 1. The molecule has 1 aromatic carbocycles. The highest BCUT2D eigenvalue weighted by Gasteiger charge is 2.18. The number of carbonyl (C=O) groups excluding carboxylic acids is 1. The van der Waals surface area contributed by atoms with Gasteiger partial charge in [-0.2, -0.15) is 0 Å². The largest absolute Gasteiger partial charge is 0.496 e. The first kappa shape index (κ1) is 15.8. The second kappa shape index (κ2) is 6.24. The lowest BCUT2D eigenvalue weighted by molar-refractivity contribution is -0.137. The molecule has 0 amide bonds. The molecule has 0 atom stereocenters. The second-order valence-electron chi connectivity index (χ2n) is 3.66. The molecule has 0 fully saturated rings. The number of aromatic carboxylic acids is 1. The first-order valence-corrected chi connectivity index (χ1v) is 6.93. The average Bonchev–Trinajstić information content (AvgIpc) is 2.36. The van der Waals surface area contributed by atoms with Gasteiger partial charge in [-0.25, -0.2) is 13.2 Å². The van der Waals surface area contributed by atoms with Gasteiger partial charge in [0, 0.05) is 6.07 Å². The molecule has 1 aromatic rings. The molecule has 9 heteroatoms. The van der Waals surface area contributed by atoms with Crippen LogP contribution < -0.4 is 9.46 Å². The Kier molecular flexibility index (Phi) is 4.92. The SMILES string of the molecule is COC(=O)CS(=O)(=O)Nc1ccc(C(=O)O)c(OC)c1. The fourth-order valence-electron chi connectivity index (χ4n) is 1.36. The lowest BCUT2D eigenvalue weighted by Gasteiger charge is -2.10. The molecular weight excluding hydrogens is 290 g/mol. The smallest absolute Gasteiger partial charge is 0.339 e. The Balaban J connectivity index is 2.99. The highest BCUT2D eigenvalue weighted by atomic mass is 32.2. The first-order chi connectivity index (χ1) is 9.29. The number of carbonyl (C=O) groups is 2. The van der Waals surface area contributed by atoms with Crippen LogP contribution in [0.25, 0.3) is 0 Å². The van der Waals surface area contributed by atoms with E-state index < -0.39 is 27.7 Å². The van der Waals surface area contributed by atoms with Gasteiger partial charge in [-0.3, -0.25) is 9.52 Å². The number of hydrogen-bond acceptors (Lipinski definition) is 6. The summed E-state index contributed by atoms with van der Waals surface area (Å²) < 4.78 is 34.5. The number of hydrogen-bond donors (Lipinski definition) is 2. The molecule has 0 aliphatic heterocycles. The van der Waals surface area contributed by atoms with Crippen molar-refractivity contribution in [2.24, 2.45) is 0 Å². The quantitative estimate of drug-likeness (QED) is 0.726. The molecule has 0 heterocycles. The van der Waals surface area contributed by atoms with Gasteiger partial charge in [0.2, 0.25) is 10.0 Å². The lowest BCUT2D eigenvalue weighted by atomic mass is 10.2. The highest BCUT2D eigenvalue weighted by Crippen LogP contribution is 2.23. The summed E-state index contributed by atoms with van der Waals surface area (Å²) in [6.45, 7) is 0. The van der Waals surface area contributed by atoms with Gasteiger partial charge in [-0.1, -0.05) is 0 Å². The topological polar surface area (TPSA) is 119 Å². The number of methoxy groups -OCH3 is 2. The van der Waals surface area contributed by atoms with E-state index in [1.165, 1.54) is 25.3 Å². The zero-order valence-corrected chi connectivity index (χ0v) is 11.6. The third-order valence-corrected chi connectivity index (χ3v) is 3.40. The molecule has 0 saturated carbocycles. The van der Waals surface area contributed by atoms with Crippen LogP contribution in [0.1, 0.15) is 10.4 Å². The summed E-state index contributed by atoms with van der Waals surface area (Å²) in [4.78, 5) is 21.8. The van der Waals surface area contributed by atoms with E-state index in [0.29, 0.717) is 0 Å². The third kappa shape index (κ3) is 4.12. The van der Waals surface area contributed by atoms with Crippen molar-refractivity contribution in [2.75, 3.05) is 24.7 Å². The molecule has 0 aliphatic carbocycles. The van der Waals surface area contributed by atoms with Gasteiger partial charge < -0.3 is 14.6 Å². The minimum atomic E-state index is -3.93. The van der Waals surface area contributed by atoms with Gasteiger partial charge in [0.05, 0.1) is 19.9 Å². The molecule has 1 rings (SSSR count). The number of rotatable bonds is 6. The van der Waals surface area contributed by atoms with Gasteiger partial charge >= 0.3 is 11.9 Å². The minimum Gasteiger partial charge on any atom is -0.496 e. The number of ether oxygens (including phenoxy) is 2. The maximum absolute atomic E-state index is 11.6. The fraction of sp³-hybridized carbons (Fsp3) is 0.273. The molecule has 8 nitrogen and oxygen atoms in total. The maximum atomic E-state index is 11.6. The monoisotopic (exact) mass is 303 g/mol. The number of sulfonamides is 1. The molecule has 0 spiro atoms. The predicted octanol–water partition coefficient (Wildman–Crippen LogP) is 0.308. The molecule has 110 valence electrons. The van der Waals surface area contributed by atoms with Crippen LogP contribution >= 0.6 is 0 Å². The van der Waals surface area contributed by atoms with Crippen molar-refractivity contribution in [3.8, 4) is 5.75 Å². The van der Waals surface area contributed by atoms with Gasteiger partial charge in [0.25, 0.3) is 0 Å². The standard InChI is InChI=1S/C11H13NO7S/c1-18-9-5-7(3-4-8(9)11(14)15)12-20(16,17)6-10(13)19-2/h3-5,12H,6H2,1-2H3,(H,14,15). The highest BCUT2D eigenvalue weighted by molar-refractivity contribution is 7.93. The average molecular weight is 303 g/mol. The van der Waals surface area contributed by atoms with Gasteiger partial charge in [0.1, 0.15) is 11.3 Å². The normalized spacial score (nSPS) is 10.7. The van der Waals surface area contributed by atoms with E-state index in [1.54, 1.807) is 0 Å². The summed E-state index contributed by atoms with van der Waals surface area (Å²) in [5.74, 6) is -2.96. The van der Waals surface area contributed by atoms with E-state index in [0.717, 1.165) is 7.11 Å². The Labute approximate surface area is 115 Å². The van der Waals surface area contributed by atoms with Crippen LogP contribution in [0, 0.1) is 0 Å².